The topological polar surface area (TPSA) is 106 Å². The van der Waals surface area contributed by atoms with Gasteiger partial charge in [-0.15, -0.1) is 6.58 Å². The van der Waals surface area contributed by atoms with Crippen LogP contribution in [0.1, 0.15) is 10.5 Å². The average molecular weight is 281 g/mol. The van der Waals surface area contributed by atoms with Crippen molar-refractivity contribution in [2.75, 3.05) is 31.7 Å². The number of anilines is 1. The Morgan fingerprint density at radius 2 is 2.35 bits per heavy atom. The Bertz CT molecular complexity index is 518. The van der Waals surface area contributed by atoms with Crippen molar-refractivity contribution < 1.29 is 19.6 Å². The van der Waals surface area contributed by atoms with Gasteiger partial charge < -0.3 is 14.7 Å². The number of nitro groups is 1. The fourth-order valence-corrected chi connectivity index (χ4v) is 1.58. The molecule has 0 unspecified atom stereocenters. The molecule has 0 aromatic carbocycles. The summed E-state index contributed by atoms with van der Waals surface area (Å²) in [7, 11) is 1.50. The van der Waals surface area contributed by atoms with Crippen LogP contribution >= 0.6 is 0 Å². The number of pyridine rings is 1. The fourth-order valence-electron chi connectivity index (χ4n) is 1.58. The highest BCUT2D eigenvalue weighted by molar-refractivity contribution is 5.86. The number of hydrogen-bond acceptors (Lipinski definition) is 6. The van der Waals surface area contributed by atoms with E-state index in [0.717, 1.165) is 12.1 Å². The van der Waals surface area contributed by atoms with Crippen LogP contribution in [0.3, 0.4) is 0 Å². The van der Waals surface area contributed by atoms with Gasteiger partial charge in [0.1, 0.15) is 0 Å². The molecule has 1 N–H and O–H groups in total. The van der Waals surface area contributed by atoms with E-state index in [4.69, 9.17) is 9.84 Å². The number of carboxylic acids is 1. The van der Waals surface area contributed by atoms with Crippen LogP contribution in [0.25, 0.3) is 0 Å². The van der Waals surface area contributed by atoms with Gasteiger partial charge in [-0.1, -0.05) is 6.08 Å². The van der Waals surface area contributed by atoms with E-state index in [1.165, 1.54) is 7.11 Å². The number of carbonyl (C=O) groups is 1. The highest BCUT2D eigenvalue weighted by atomic mass is 16.6. The molecule has 8 nitrogen and oxygen atoms in total. The molecule has 1 aromatic heterocycles. The lowest BCUT2D eigenvalue weighted by Crippen LogP contribution is -2.29. The monoisotopic (exact) mass is 281 g/mol. The molecule has 1 rings (SSSR count). The van der Waals surface area contributed by atoms with Crippen LogP contribution in [0.15, 0.2) is 24.8 Å². The smallest absolute Gasteiger partial charge is 0.354 e. The van der Waals surface area contributed by atoms with E-state index in [1.807, 2.05) is 0 Å². The number of aromatic carboxylic acids is 1. The largest absolute Gasteiger partial charge is 0.477 e. The average Bonchev–Trinajstić information content (AvgIpc) is 2.42. The van der Waals surface area contributed by atoms with E-state index in [-0.39, 0.29) is 17.2 Å². The van der Waals surface area contributed by atoms with Gasteiger partial charge in [0.05, 0.1) is 11.5 Å². The van der Waals surface area contributed by atoms with Crippen molar-refractivity contribution in [1.29, 1.82) is 0 Å². The van der Waals surface area contributed by atoms with Crippen molar-refractivity contribution in [3.8, 4) is 0 Å². The first-order chi connectivity index (χ1) is 9.51. The van der Waals surface area contributed by atoms with E-state index < -0.39 is 10.9 Å². The van der Waals surface area contributed by atoms with E-state index in [2.05, 4.69) is 11.6 Å². The summed E-state index contributed by atoms with van der Waals surface area (Å²) in [5, 5.41) is 20.0. The van der Waals surface area contributed by atoms with Gasteiger partial charge in [0.2, 0.25) is 5.82 Å². The van der Waals surface area contributed by atoms with Crippen LogP contribution in [0.5, 0.6) is 0 Å². The summed E-state index contributed by atoms with van der Waals surface area (Å²) in [6.45, 7) is 4.52. The maximum atomic E-state index is 11.0. The van der Waals surface area contributed by atoms with Crippen LogP contribution in [-0.2, 0) is 4.74 Å². The number of ether oxygens (including phenoxy) is 1. The summed E-state index contributed by atoms with van der Waals surface area (Å²) in [6.07, 6.45) is 1.55. The molecule has 0 radical (unpaired) electrons. The lowest BCUT2D eigenvalue weighted by Gasteiger charge is -2.21. The van der Waals surface area contributed by atoms with Gasteiger partial charge in [0.25, 0.3) is 0 Å². The van der Waals surface area contributed by atoms with Crippen molar-refractivity contribution in [3.05, 3.63) is 40.6 Å². The lowest BCUT2D eigenvalue weighted by atomic mass is 10.3. The van der Waals surface area contributed by atoms with Gasteiger partial charge in [-0.3, -0.25) is 10.1 Å². The molecule has 1 aromatic rings. The molecule has 0 saturated carbocycles. The molecule has 0 aliphatic carbocycles. The minimum atomic E-state index is -1.24. The maximum absolute atomic E-state index is 11.0. The third-order valence-electron chi connectivity index (χ3n) is 2.48. The van der Waals surface area contributed by atoms with Crippen molar-refractivity contribution >= 4 is 17.5 Å². The number of nitrogens with zero attached hydrogens (tertiary/aromatic N) is 3. The Morgan fingerprint density at radius 3 is 2.85 bits per heavy atom. The van der Waals surface area contributed by atoms with Gasteiger partial charge in [-0.05, 0) is 6.07 Å². The SMILES string of the molecule is C=CCN(CCOC)c1nc(C(=O)O)ccc1[N+](=O)[O-]. The molecule has 0 fully saturated rings. The summed E-state index contributed by atoms with van der Waals surface area (Å²) in [5.74, 6) is -1.25. The van der Waals surface area contributed by atoms with Gasteiger partial charge >= 0.3 is 11.7 Å². The summed E-state index contributed by atoms with van der Waals surface area (Å²) in [5.41, 5.74) is -0.509. The van der Waals surface area contributed by atoms with Crippen molar-refractivity contribution in [3.63, 3.8) is 0 Å². The molecule has 20 heavy (non-hydrogen) atoms. The molecule has 108 valence electrons. The first kappa shape index (κ1) is 15.6. The summed E-state index contributed by atoms with van der Waals surface area (Å²) in [4.78, 5) is 26.7. The quantitative estimate of drug-likeness (QED) is 0.435. The number of aromatic nitrogens is 1. The number of methoxy groups -OCH3 is 1. The Labute approximate surface area is 115 Å². The van der Waals surface area contributed by atoms with E-state index >= 15 is 0 Å². The zero-order valence-corrected chi connectivity index (χ0v) is 11.0. The Morgan fingerprint density at radius 1 is 1.65 bits per heavy atom. The number of hydrogen-bond donors (Lipinski definition) is 1. The molecule has 0 atom stereocenters. The fraction of sp³-hybridized carbons (Fsp3) is 0.333. The van der Waals surface area contributed by atoms with Crippen LogP contribution in [-0.4, -0.2) is 47.8 Å². The first-order valence-corrected chi connectivity index (χ1v) is 5.74. The van der Waals surface area contributed by atoms with Crippen LogP contribution in [0.4, 0.5) is 11.5 Å². The molecule has 0 amide bonds. The molecule has 0 saturated heterocycles. The van der Waals surface area contributed by atoms with E-state index in [9.17, 15) is 14.9 Å². The van der Waals surface area contributed by atoms with Gasteiger partial charge in [-0.2, -0.15) is 0 Å². The molecule has 0 spiro atoms. The minimum absolute atomic E-state index is 0.00755. The lowest BCUT2D eigenvalue weighted by molar-refractivity contribution is -0.384. The first-order valence-electron chi connectivity index (χ1n) is 5.74. The second-order valence-electron chi connectivity index (χ2n) is 3.83. The molecular weight excluding hydrogens is 266 g/mol. The highest BCUT2D eigenvalue weighted by Gasteiger charge is 2.22. The maximum Gasteiger partial charge on any atom is 0.354 e. The van der Waals surface area contributed by atoms with Gasteiger partial charge in [-0.25, -0.2) is 9.78 Å². The summed E-state index contributed by atoms with van der Waals surface area (Å²) >= 11 is 0. The Kier molecular flexibility index (Phi) is 5.60. The van der Waals surface area contributed by atoms with Gasteiger partial charge in [0, 0.05) is 26.3 Å². The second kappa shape index (κ2) is 7.19. The van der Waals surface area contributed by atoms with Crippen molar-refractivity contribution in [2.24, 2.45) is 0 Å². The molecule has 0 aliphatic heterocycles. The van der Waals surface area contributed by atoms with Crippen molar-refractivity contribution in [1.82, 2.24) is 4.98 Å². The Balaban J connectivity index is 3.26. The van der Waals surface area contributed by atoms with Crippen LogP contribution in [0, 0.1) is 10.1 Å². The zero-order chi connectivity index (χ0) is 15.1. The minimum Gasteiger partial charge on any atom is -0.477 e. The predicted octanol–water partition coefficient (Wildman–Crippen LogP) is 1.33. The zero-order valence-electron chi connectivity index (χ0n) is 11.0. The Hall–Kier alpha value is -2.48. The van der Waals surface area contributed by atoms with Crippen LogP contribution in [0.2, 0.25) is 0 Å². The van der Waals surface area contributed by atoms with E-state index in [0.29, 0.717) is 19.7 Å². The third kappa shape index (κ3) is 3.75. The third-order valence-corrected chi connectivity index (χ3v) is 2.48. The normalized spacial score (nSPS) is 10.1. The number of rotatable bonds is 8. The molecular formula is C12H15N3O5. The molecule has 0 bridgehead atoms. The van der Waals surface area contributed by atoms with E-state index in [1.54, 1.807) is 11.0 Å². The standard InChI is InChI=1S/C12H15N3O5/c1-3-6-14(7-8-20-2)11-10(15(18)19)5-4-9(13-11)12(16)17/h3-5H,1,6-8H2,2H3,(H,16,17). The molecule has 8 heteroatoms. The predicted molar refractivity (Wildman–Crippen MR) is 72.1 cm³/mol. The van der Waals surface area contributed by atoms with Gasteiger partial charge in [0.15, 0.2) is 5.69 Å². The second-order valence-corrected chi connectivity index (χ2v) is 3.83. The van der Waals surface area contributed by atoms with Crippen LogP contribution < -0.4 is 4.90 Å². The summed E-state index contributed by atoms with van der Waals surface area (Å²) < 4.78 is 4.93. The molecule has 0 aliphatic rings. The van der Waals surface area contributed by atoms with Crippen molar-refractivity contribution in [2.45, 2.75) is 0 Å². The highest BCUT2D eigenvalue weighted by Crippen LogP contribution is 2.26. The summed E-state index contributed by atoms with van der Waals surface area (Å²) in [6, 6.07) is 2.24. The number of carboxylic acid groups (broad SMARTS) is 1. The molecule has 1 heterocycles.